The Labute approximate surface area is 91.8 Å². The minimum atomic E-state index is 0.00193. The van der Waals surface area contributed by atoms with Gasteiger partial charge < -0.3 is 0 Å². The lowest BCUT2D eigenvalue weighted by Crippen LogP contribution is -2.14. The van der Waals surface area contributed by atoms with Gasteiger partial charge in [-0.1, -0.05) is 18.2 Å². The molecule has 5 nitrogen and oxygen atoms in total. The molecular weight excluding hydrogens is 204 g/mol. The van der Waals surface area contributed by atoms with E-state index >= 15 is 0 Å². The zero-order valence-corrected chi connectivity index (χ0v) is 8.77. The first kappa shape index (κ1) is 9.08. The summed E-state index contributed by atoms with van der Waals surface area (Å²) >= 11 is 0. The molecule has 1 aromatic carbocycles. The first-order valence-corrected chi connectivity index (χ1v) is 5.03. The maximum absolute atomic E-state index is 11.4. The number of fused-ring (bicyclic) bond motifs is 1. The van der Waals surface area contributed by atoms with Crippen molar-refractivity contribution in [3.05, 3.63) is 30.0 Å². The quantitative estimate of drug-likeness (QED) is 0.773. The van der Waals surface area contributed by atoms with Crippen LogP contribution in [0.3, 0.4) is 0 Å². The Hall–Kier alpha value is -2.17. The molecule has 2 aromatic rings. The molecule has 0 fully saturated rings. The summed E-state index contributed by atoms with van der Waals surface area (Å²) in [4.78, 5) is 11.4. The SMILES string of the molecule is CN1N=C(c2n[nH]c3ccccc23)CC1=O. The molecule has 2 heterocycles. The van der Waals surface area contributed by atoms with Crippen molar-refractivity contribution in [3.8, 4) is 0 Å². The van der Waals surface area contributed by atoms with E-state index in [4.69, 9.17) is 0 Å². The molecule has 0 radical (unpaired) electrons. The topological polar surface area (TPSA) is 61.4 Å². The summed E-state index contributed by atoms with van der Waals surface area (Å²) in [6, 6.07) is 7.81. The lowest BCUT2D eigenvalue weighted by Gasteiger charge is -1.98. The number of amides is 1. The third-order valence-electron chi connectivity index (χ3n) is 2.69. The fourth-order valence-corrected chi connectivity index (χ4v) is 1.84. The number of nitrogens with zero attached hydrogens (tertiary/aromatic N) is 3. The van der Waals surface area contributed by atoms with Gasteiger partial charge in [-0.2, -0.15) is 10.2 Å². The van der Waals surface area contributed by atoms with Crippen molar-refractivity contribution in [2.75, 3.05) is 7.05 Å². The van der Waals surface area contributed by atoms with Crippen LogP contribution in [0, 0.1) is 0 Å². The van der Waals surface area contributed by atoms with Crippen molar-refractivity contribution >= 4 is 22.5 Å². The van der Waals surface area contributed by atoms with Crippen LogP contribution in [-0.2, 0) is 4.79 Å². The largest absolute Gasteiger partial charge is 0.277 e. The number of para-hydroxylation sites is 1. The standard InChI is InChI=1S/C11H10N4O/c1-15-10(16)6-9(14-15)11-7-4-2-3-5-8(7)12-13-11/h2-5H,6H2,1H3,(H,12,13). The molecule has 16 heavy (non-hydrogen) atoms. The Kier molecular flexibility index (Phi) is 1.80. The molecule has 1 amide bonds. The van der Waals surface area contributed by atoms with Crippen molar-refractivity contribution < 1.29 is 4.79 Å². The summed E-state index contributed by atoms with van der Waals surface area (Å²) in [7, 11) is 1.66. The summed E-state index contributed by atoms with van der Waals surface area (Å²) in [5.74, 6) is 0.00193. The van der Waals surface area contributed by atoms with Gasteiger partial charge in [0.1, 0.15) is 5.69 Å². The molecule has 0 spiro atoms. The van der Waals surface area contributed by atoms with Gasteiger partial charge in [-0.05, 0) is 6.07 Å². The molecule has 5 heteroatoms. The van der Waals surface area contributed by atoms with E-state index in [0.717, 1.165) is 22.3 Å². The molecule has 0 aliphatic carbocycles. The molecule has 0 bridgehead atoms. The van der Waals surface area contributed by atoms with Crippen LogP contribution in [-0.4, -0.2) is 33.9 Å². The molecule has 0 unspecified atom stereocenters. The van der Waals surface area contributed by atoms with Crippen molar-refractivity contribution in [1.82, 2.24) is 15.2 Å². The number of hydrazone groups is 1. The zero-order chi connectivity index (χ0) is 11.1. The van der Waals surface area contributed by atoms with Gasteiger partial charge in [0.15, 0.2) is 0 Å². The molecular formula is C11H10N4O. The third kappa shape index (κ3) is 1.21. The van der Waals surface area contributed by atoms with Crippen molar-refractivity contribution in [2.45, 2.75) is 6.42 Å². The zero-order valence-electron chi connectivity index (χ0n) is 8.77. The van der Waals surface area contributed by atoms with Crippen LogP contribution in [0.15, 0.2) is 29.4 Å². The van der Waals surface area contributed by atoms with Gasteiger partial charge in [-0.25, -0.2) is 5.01 Å². The highest BCUT2D eigenvalue weighted by molar-refractivity contribution is 6.17. The van der Waals surface area contributed by atoms with E-state index in [1.54, 1.807) is 7.05 Å². The number of rotatable bonds is 1. The van der Waals surface area contributed by atoms with E-state index in [1.807, 2.05) is 24.3 Å². The average molecular weight is 214 g/mol. The number of aromatic nitrogens is 2. The summed E-state index contributed by atoms with van der Waals surface area (Å²) in [6.07, 6.45) is 0.325. The number of H-pyrrole nitrogens is 1. The Morgan fingerprint density at radius 3 is 2.94 bits per heavy atom. The fraction of sp³-hybridized carbons (Fsp3) is 0.182. The van der Waals surface area contributed by atoms with E-state index in [2.05, 4.69) is 15.3 Å². The van der Waals surface area contributed by atoms with E-state index in [1.165, 1.54) is 5.01 Å². The Morgan fingerprint density at radius 2 is 2.19 bits per heavy atom. The molecule has 0 saturated heterocycles. The number of benzene rings is 1. The van der Waals surface area contributed by atoms with Gasteiger partial charge >= 0.3 is 0 Å². The van der Waals surface area contributed by atoms with Gasteiger partial charge in [0.25, 0.3) is 0 Å². The predicted molar refractivity (Wildman–Crippen MR) is 60.0 cm³/mol. The first-order chi connectivity index (χ1) is 7.75. The highest BCUT2D eigenvalue weighted by Gasteiger charge is 2.24. The highest BCUT2D eigenvalue weighted by atomic mass is 16.2. The van der Waals surface area contributed by atoms with Gasteiger partial charge in [0, 0.05) is 12.4 Å². The van der Waals surface area contributed by atoms with Crippen LogP contribution in [0.2, 0.25) is 0 Å². The maximum Gasteiger partial charge on any atom is 0.248 e. The lowest BCUT2D eigenvalue weighted by atomic mass is 10.1. The molecule has 1 aromatic heterocycles. The van der Waals surface area contributed by atoms with Crippen LogP contribution in [0.4, 0.5) is 0 Å². The Balaban J connectivity index is 2.14. The summed E-state index contributed by atoms with van der Waals surface area (Å²) in [5, 5.41) is 13.7. The maximum atomic E-state index is 11.4. The monoisotopic (exact) mass is 214 g/mol. The summed E-state index contributed by atoms with van der Waals surface area (Å²) in [5.41, 5.74) is 2.46. The van der Waals surface area contributed by atoms with E-state index in [0.29, 0.717) is 6.42 Å². The number of hydrogen-bond acceptors (Lipinski definition) is 3. The van der Waals surface area contributed by atoms with Crippen molar-refractivity contribution in [3.63, 3.8) is 0 Å². The van der Waals surface area contributed by atoms with Gasteiger partial charge in [-0.15, -0.1) is 0 Å². The summed E-state index contributed by atoms with van der Waals surface area (Å²) < 4.78 is 0. The van der Waals surface area contributed by atoms with Gasteiger partial charge in [-0.3, -0.25) is 9.89 Å². The number of hydrogen-bond donors (Lipinski definition) is 1. The first-order valence-electron chi connectivity index (χ1n) is 5.03. The molecule has 1 aliphatic rings. The van der Waals surface area contributed by atoms with E-state index < -0.39 is 0 Å². The van der Waals surface area contributed by atoms with E-state index in [9.17, 15) is 4.79 Å². The molecule has 3 rings (SSSR count). The van der Waals surface area contributed by atoms with Crippen molar-refractivity contribution in [2.24, 2.45) is 5.10 Å². The van der Waals surface area contributed by atoms with Crippen molar-refractivity contribution in [1.29, 1.82) is 0 Å². The van der Waals surface area contributed by atoms with Crippen LogP contribution >= 0.6 is 0 Å². The molecule has 80 valence electrons. The molecule has 0 atom stereocenters. The minimum Gasteiger partial charge on any atom is -0.277 e. The Morgan fingerprint density at radius 1 is 1.38 bits per heavy atom. The third-order valence-corrected chi connectivity index (χ3v) is 2.69. The average Bonchev–Trinajstić information content (AvgIpc) is 2.83. The number of aromatic amines is 1. The second-order valence-electron chi connectivity index (χ2n) is 3.76. The van der Waals surface area contributed by atoms with Gasteiger partial charge in [0.05, 0.1) is 17.6 Å². The van der Waals surface area contributed by atoms with Crippen LogP contribution in [0.25, 0.3) is 10.9 Å². The number of nitrogens with one attached hydrogen (secondary N) is 1. The minimum absolute atomic E-state index is 0.00193. The van der Waals surface area contributed by atoms with E-state index in [-0.39, 0.29) is 5.91 Å². The van der Waals surface area contributed by atoms with Crippen LogP contribution in [0.5, 0.6) is 0 Å². The smallest absolute Gasteiger partial charge is 0.248 e. The second-order valence-corrected chi connectivity index (χ2v) is 3.76. The summed E-state index contributed by atoms with van der Waals surface area (Å²) in [6.45, 7) is 0. The number of carbonyl (C=O) groups excluding carboxylic acids is 1. The number of carbonyl (C=O) groups is 1. The molecule has 1 N–H and O–H groups in total. The predicted octanol–water partition coefficient (Wildman–Crippen LogP) is 1.13. The second kappa shape index (κ2) is 3.16. The Bertz CT molecular complexity index is 599. The highest BCUT2D eigenvalue weighted by Crippen LogP contribution is 2.20. The van der Waals surface area contributed by atoms with Gasteiger partial charge in [0.2, 0.25) is 5.91 Å². The van der Waals surface area contributed by atoms with Crippen LogP contribution < -0.4 is 0 Å². The molecule has 0 saturated carbocycles. The fourth-order valence-electron chi connectivity index (χ4n) is 1.84. The van der Waals surface area contributed by atoms with Crippen LogP contribution in [0.1, 0.15) is 12.1 Å². The lowest BCUT2D eigenvalue weighted by molar-refractivity contribution is -0.127. The normalized spacial score (nSPS) is 15.9. The molecule has 1 aliphatic heterocycles.